The van der Waals surface area contributed by atoms with Crippen molar-refractivity contribution in [2.24, 2.45) is 5.73 Å². The maximum atomic E-state index is 12.4. The highest BCUT2D eigenvalue weighted by molar-refractivity contribution is 5.78. The first-order valence-electron chi connectivity index (χ1n) is 9.17. The van der Waals surface area contributed by atoms with Crippen molar-refractivity contribution in [3.05, 3.63) is 0 Å². The van der Waals surface area contributed by atoms with Gasteiger partial charge in [-0.05, 0) is 0 Å². The lowest BCUT2D eigenvalue weighted by Gasteiger charge is -2.46. The van der Waals surface area contributed by atoms with Crippen molar-refractivity contribution in [3.8, 4) is 0 Å². The highest BCUT2D eigenvalue weighted by atomic mass is 16.7. The Hall–Kier alpha value is -1.01. The highest BCUT2D eigenvalue weighted by Crippen LogP contribution is 2.34. The molecule has 5 unspecified atom stereocenters. The Balaban J connectivity index is 2.23. The maximum Gasteiger partial charge on any atom is 0.366 e. The number of hydrogen-bond acceptors (Lipinski definition) is 14. The van der Waals surface area contributed by atoms with Gasteiger partial charge in [-0.1, -0.05) is 0 Å². The van der Waals surface area contributed by atoms with E-state index in [0.717, 1.165) is 7.11 Å². The molecular formula is C16H29NO13. The van der Waals surface area contributed by atoms with Gasteiger partial charge in [-0.2, -0.15) is 0 Å². The number of aliphatic hydroxyl groups is 8. The molecule has 2 rings (SSSR count). The molecule has 0 saturated carbocycles. The number of methoxy groups -OCH3 is 1. The van der Waals surface area contributed by atoms with Crippen LogP contribution in [0, 0.1) is 0 Å². The van der Waals surface area contributed by atoms with Crippen LogP contribution in [0.15, 0.2) is 0 Å². The summed E-state index contributed by atoms with van der Waals surface area (Å²) >= 11 is 0. The van der Waals surface area contributed by atoms with Crippen molar-refractivity contribution in [2.75, 3.05) is 20.3 Å². The summed E-state index contributed by atoms with van der Waals surface area (Å²) in [4.78, 5) is 12.4. The Morgan fingerprint density at radius 2 is 1.80 bits per heavy atom. The minimum atomic E-state index is -2.38. The van der Waals surface area contributed by atoms with E-state index in [1.807, 2.05) is 0 Å². The van der Waals surface area contributed by atoms with Gasteiger partial charge in [0.25, 0.3) is 5.79 Å². The molecule has 0 aromatic carbocycles. The Labute approximate surface area is 171 Å². The molecule has 0 bridgehead atoms. The second kappa shape index (κ2) is 10.1. The molecule has 0 radical (unpaired) electrons. The molecule has 2 aliphatic heterocycles. The fourth-order valence-corrected chi connectivity index (χ4v) is 3.33. The van der Waals surface area contributed by atoms with Crippen molar-refractivity contribution in [1.82, 2.24) is 0 Å². The zero-order chi connectivity index (χ0) is 22.8. The zero-order valence-electron chi connectivity index (χ0n) is 16.1. The molecular weight excluding hydrogens is 414 g/mol. The van der Waals surface area contributed by atoms with Gasteiger partial charge in [0.2, 0.25) is 0 Å². The molecule has 14 nitrogen and oxygen atoms in total. The fraction of sp³-hybridized carbons (Fsp3) is 0.938. The van der Waals surface area contributed by atoms with Crippen molar-refractivity contribution < 1.29 is 64.6 Å². The van der Waals surface area contributed by atoms with Crippen LogP contribution in [0.5, 0.6) is 0 Å². The molecule has 2 aliphatic rings. The number of carbonyl (C=O) groups is 1. The Kier molecular flexibility index (Phi) is 8.48. The number of aliphatic hydroxyl groups excluding tert-OH is 8. The lowest BCUT2D eigenvalue weighted by atomic mass is 9.89. The van der Waals surface area contributed by atoms with Crippen molar-refractivity contribution in [1.29, 1.82) is 0 Å². The quantitative estimate of drug-likeness (QED) is 0.166. The first-order valence-corrected chi connectivity index (χ1v) is 9.17. The predicted octanol–water partition coefficient (Wildman–Crippen LogP) is -6.14. The van der Waals surface area contributed by atoms with E-state index in [4.69, 9.17) is 25.1 Å². The van der Waals surface area contributed by atoms with Crippen LogP contribution in [0.4, 0.5) is 0 Å². The van der Waals surface area contributed by atoms with Gasteiger partial charge in [0.05, 0.1) is 32.5 Å². The van der Waals surface area contributed by atoms with Crippen LogP contribution in [0.1, 0.15) is 6.42 Å². The summed E-state index contributed by atoms with van der Waals surface area (Å²) in [5, 5.41) is 78.1. The van der Waals surface area contributed by atoms with Gasteiger partial charge in [0.1, 0.15) is 42.7 Å². The largest absolute Gasteiger partial charge is 0.465 e. The van der Waals surface area contributed by atoms with Gasteiger partial charge < -0.3 is 65.5 Å². The smallest absolute Gasteiger partial charge is 0.366 e. The molecule has 11 atom stereocenters. The van der Waals surface area contributed by atoms with E-state index in [1.54, 1.807) is 0 Å². The van der Waals surface area contributed by atoms with E-state index in [1.165, 1.54) is 0 Å². The summed E-state index contributed by atoms with van der Waals surface area (Å²) in [6.45, 7) is -1.55. The third-order valence-electron chi connectivity index (χ3n) is 5.21. The van der Waals surface area contributed by atoms with E-state index >= 15 is 0 Å². The molecule has 10 N–H and O–H groups in total. The van der Waals surface area contributed by atoms with E-state index in [-0.39, 0.29) is 0 Å². The monoisotopic (exact) mass is 443 g/mol. The molecule has 0 aliphatic carbocycles. The molecule has 0 amide bonds. The SMILES string of the molecule is COC(=O)[C@@]1(OCC2OC(O)C(O)C(O)[C@@H]2O)C[C@@H](O)[C@@H](N)C([C@H](O)[C@H](O)CO)O1. The highest BCUT2D eigenvalue weighted by Gasteiger charge is 2.56. The molecule has 0 aromatic heterocycles. The van der Waals surface area contributed by atoms with Crippen molar-refractivity contribution >= 4 is 5.97 Å². The Bertz CT molecular complexity index is 581. The van der Waals surface area contributed by atoms with Crippen molar-refractivity contribution in [3.63, 3.8) is 0 Å². The topological polar surface area (TPSA) is 242 Å². The third-order valence-corrected chi connectivity index (χ3v) is 5.21. The first kappa shape index (κ1) is 25.3. The second-order valence-electron chi connectivity index (χ2n) is 7.26. The minimum absolute atomic E-state index is 0.574. The van der Waals surface area contributed by atoms with Crippen LogP contribution >= 0.6 is 0 Å². The molecule has 14 heteroatoms. The fourth-order valence-electron chi connectivity index (χ4n) is 3.33. The number of ether oxygens (including phenoxy) is 4. The van der Waals surface area contributed by atoms with Crippen LogP contribution in [-0.4, -0.2) is 134 Å². The van der Waals surface area contributed by atoms with Gasteiger partial charge in [0, 0.05) is 6.42 Å². The van der Waals surface area contributed by atoms with Gasteiger partial charge in [-0.15, -0.1) is 0 Å². The zero-order valence-corrected chi connectivity index (χ0v) is 16.1. The number of nitrogens with two attached hydrogens (primary N) is 1. The van der Waals surface area contributed by atoms with E-state index in [2.05, 4.69) is 4.74 Å². The molecule has 0 aromatic rings. The van der Waals surface area contributed by atoms with E-state index < -0.39 is 92.6 Å². The van der Waals surface area contributed by atoms with Crippen LogP contribution in [0.3, 0.4) is 0 Å². The van der Waals surface area contributed by atoms with E-state index in [9.17, 15) is 40.5 Å². The second-order valence-corrected chi connectivity index (χ2v) is 7.26. The van der Waals surface area contributed by atoms with Crippen LogP contribution in [-0.2, 0) is 23.7 Å². The first-order chi connectivity index (χ1) is 14.0. The van der Waals surface area contributed by atoms with Crippen LogP contribution in [0.2, 0.25) is 0 Å². The van der Waals surface area contributed by atoms with Crippen molar-refractivity contribution in [2.45, 2.75) is 73.4 Å². The molecule has 30 heavy (non-hydrogen) atoms. The molecule has 2 saturated heterocycles. The number of rotatable bonds is 7. The van der Waals surface area contributed by atoms with Gasteiger partial charge in [0.15, 0.2) is 6.29 Å². The maximum absolute atomic E-state index is 12.4. The minimum Gasteiger partial charge on any atom is -0.465 e. The van der Waals surface area contributed by atoms with Gasteiger partial charge in [-0.3, -0.25) is 0 Å². The Morgan fingerprint density at radius 1 is 1.17 bits per heavy atom. The lowest BCUT2D eigenvalue weighted by Crippen LogP contribution is -2.67. The molecule has 2 heterocycles. The summed E-state index contributed by atoms with van der Waals surface area (Å²) in [6, 6.07) is -1.28. The summed E-state index contributed by atoms with van der Waals surface area (Å²) < 4.78 is 20.5. The average Bonchev–Trinajstić information content (AvgIpc) is 2.74. The third kappa shape index (κ3) is 4.90. The van der Waals surface area contributed by atoms with E-state index in [0.29, 0.717) is 0 Å². The average molecular weight is 443 g/mol. The number of esters is 1. The van der Waals surface area contributed by atoms with Gasteiger partial charge in [-0.25, -0.2) is 4.79 Å². The Morgan fingerprint density at radius 3 is 2.37 bits per heavy atom. The molecule has 0 spiro atoms. The number of carbonyl (C=O) groups excluding carboxylic acids is 1. The van der Waals surface area contributed by atoms with Gasteiger partial charge >= 0.3 is 5.97 Å². The summed E-state index contributed by atoms with van der Waals surface area (Å²) in [5.74, 6) is -3.53. The molecule has 176 valence electrons. The summed E-state index contributed by atoms with van der Waals surface area (Å²) in [5.41, 5.74) is 5.80. The summed E-state index contributed by atoms with van der Waals surface area (Å²) in [6.07, 6.45) is -15.7. The predicted molar refractivity (Wildman–Crippen MR) is 92.2 cm³/mol. The molecule has 2 fully saturated rings. The van der Waals surface area contributed by atoms with Crippen LogP contribution < -0.4 is 5.73 Å². The van der Waals surface area contributed by atoms with Crippen LogP contribution in [0.25, 0.3) is 0 Å². The standard InChI is InChI=1S/C16H29NO13/c1-27-15(26)16(28-4-7-10(22)11(23)12(24)14(25)29-7)2-5(19)8(17)13(30-16)9(21)6(20)3-18/h5-14,18-25H,2-4,17H2,1H3/t5-,6-,7?,8-,9-,10-,11?,12?,13?,14?,16-/m1/s1. The normalized spacial score (nSPS) is 44.3. The lowest BCUT2D eigenvalue weighted by molar-refractivity contribution is -0.334. The number of hydrogen-bond donors (Lipinski definition) is 9. The summed E-state index contributed by atoms with van der Waals surface area (Å²) in [7, 11) is 0.988.